The van der Waals surface area contributed by atoms with E-state index in [4.69, 9.17) is 4.74 Å². The zero-order valence-electron chi connectivity index (χ0n) is 19.1. The van der Waals surface area contributed by atoms with Gasteiger partial charge in [0.2, 0.25) is 5.91 Å². The van der Waals surface area contributed by atoms with Crippen LogP contribution in [-0.2, 0) is 14.8 Å². The third kappa shape index (κ3) is 4.82. The highest BCUT2D eigenvalue weighted by Crippen LogP contribution is 2.39. The Morgan fingerprint density at radius 3 is 2.41 bits per heavy atom. The molecule has 1 heterocycles. The van der Waals surface area contributed by atoms with Gasteiger partial charge in [-0.3, -0.25) is 9.52 Å². The average Bonchev–Trinajstić information content (AvgIpc) is 3.30. The Morgan fingerprint density at radius 1 is 1.00 bits per heavy atom. The second kappa shape index (κ2) is 10.1. The fourth-order valence-electron chi connectivity index (χ4n) is 3.98. The Kier molecular flexibility index (Phi) is 6.98. The lowest BCUT2D eigenvalue weighted by Crippen LogP contribution is -2.26. The summed E-state index contributed by atoms with van der Waals surface area (Å²) in [4.78, 5) is 13.0. The van der Waals surface area contributed by atoms with Crippen molar-refractivity contribution in [2.45, 2.75) is 37.6 Å². The largest absolute Gasteiger partial charge is 0.494 e. The number of benzene rings is 3. The van der Waals surface area contributed by atoms with E-state index in [0.29, 0.717) is 42.2 Å². The molecule has 0 fully saturated rings. The van der Waals surface area contributed by atoms with Crippen molar-refractivity contribution in [2.24, 2.45) is 5.10 Å². The molecule has 7 nitrogen and oxygen atoms in total. The second-order valence-corrected chi connectivity index (χ2v) is 9.48. The molecule has 4 rings (SSSR count). The van der Waals surface area contributed by atoms with Gasteiger partial charge in [-0.25, -0.2) is 13.4 Å². The Balaban J connectivity index is 1.71. The number of nitrogens with one attached hydrogen (secondary N) is 1. The van der Waals surface area contributed by atoms with Gasteiger partial charge in [-0.05, 0) is 31.2 Å². The molecular weight excluding hydrogens is 450 g/mol. The van der Waals surface area contributed by atoms with Crippen LogP contribution in [0, 0.1) is 0 Å². The molecule has 0 bridgehead atoms. The van der Waals surface area contributed by atoms with Gasteiger partial charge in [0.15, 0.2) is 0 Å². The maximum absolute atomic E-state index is 13.0. The molecule has 1 aliphatic rings. The fraction of sp³-hybridized carbons (Fsp3) is 0.231. The number of amides is 1. The first kappa shape index (κ1) is 23.5. The lowest BCUT2D eigenvalue weighted by atomic mass is 9.97. The highest BCUT2D eigenvalue weighted by Gasteiger charge is 2.35. The van der Waals surface area contributed by atoms with Crippen LogP contribution in [0.3, 0.4) is 0 Å². The van der Waals surface area contributed by atoms with Crippen molar-refractivity contribution >= 4 is 27.3 Å². The van der Waals surface area contributed by atoms with Gasteiger partial charge in [0.25, 0.3) is 10.0 Å². The van der Waals surface area contributed by atoms with Gasteiger partial charge in [0, 0.05) is 24.0 Å². The smallest absolute Gasteiger partial charge is 0.261 e. The van der Waals surface area contributed by atoms with Gasteiger partial charge in [-0.15, -0.1) is 0 Å². The number of ether oxygens (including phenoxy) is 1. The molecule has 0 spiro atoms. The lowest BCUT2D eigenvalue weighted by molar-refractivity contribution is -0.132. The monoisotopic (exact) mass is 477 g/mol. The first-order valence-electron chi connectivity index (χ1n) is 11.2. The summed E-state index contributed by atoms with van der Waals surface area (Å²) in [5.41, 5.74) is 2.54. The van der Waals surface area contributed by atoms with Crippen LogP contribution < -0.4 is 9.46 Å². The van der Waals surface area contributed by atoms with Crippen LogP contribution in [0.25, 0.3) is 0 Å². The molecule has 8 heteroatoms. The SMILES string of the molecule is CCOc1ccccc1[C@H]1CC(c2ccccc2NS(=O)(=O)c2ccccc2)=NN1C(=O)CC. The number of rotatable bonds is 8. The van der Waals surface area contributed by atoms with Crippen molar-refractivity contribution in [1.29, 1.82) is 0 Å². The average molecular weight is 478 g/mol. The standard InChI is InChI=1S/C26H27N3O4S/c1-3-26(30)29-24(21-15-9-11-17-25(21)33-4-2)18-23(27-29)20-14-8-10-16-22(20)28-34(31,32)19-12-6-5-7-13-19/h5-17,24,28H,3-4,18H2,1-2H3/t24-/m1/s1. The van der Waals surface area contributed by atoms with Crippen molar-refractivity contribution in [2.75, 3.05) is 11.3 Å². The molecule has 0 saturated heterocycles. The normalized spacial score (nSPS) is 15.6. The Labute approximate surface area is 200 Å². The van der Waals surface area contributed by atoms with E-state index in [-0.39, 0.29) is 16.8 Å². The van der Waals surface area contributed by atoms with Crippen molar-refractivity contribution in [1.82, 2.24) is 5.01 Å². The summed E-state index contributed by atoms with van der Waals surface area (Å²) in [7, 11) is -3.79. The van der Waals surface area contributed by atoms with E-state index in [1.165, 1.54) is 5.01 Å². The van der Waals surface area contributed by atoms with E-state index in [0.717, 1.165) is 5.56 Å². The van der Waals surface area contributed by atoms with Crippen molar-refractivity contribution in [3.05, 3.63) is 90.0 Å². The van der Waals surface area contributed by atoms with E-state index < -0.39 is 10.0 Å². The maximum Gasteiger partial charge on any atom is 0.261 e. The van der Waals surface area contributed by atoms with Gasteiger partial charge < -0.3 is 4.74 Å². The predicted molar refractivity (Wildman–Crippen MR) is 132 cm³/mol. The second-order valence-electron chi connectivity index (χ2n) is 7.79. The van der Waals surface area contributed by atoms with Crippen LogP contribution in [0.2, 0.25) is 0 Å². The molecule has 3 aromatic rings. The van der Waals surface area contributed by atoms with Crippen LogP contribution in [0.1, 0.15) is 43.9 Å². The van der Waals surface area contributed by atoms with E-state index >= 15 is 0 Å². The molecule has 0 saturated carbocycles. The van der Waals surface area contributed by atoms with Gasteiger partial charge in [0.05, 0.1) is 28.9 Å². The molecule has 0 radical (unpaired) electrons. The minimum Gasteiger partial charge on any atom is -0.494 e. The Hall–Kier alpha value is -3.65. The summed E-state index contributed by atoms with van der Waals surface area (Å²) in [6.45, 7) is 4.21. The van der Waals surface area contributed by atoms with Crippen LogP contribution in [0.15, 0.2) is 88.9 Å². The zero-order valence-corrected chi connectivity index (χ0v) is 20.0. The summed E-state index contributed by atoms with van der Waals surface area (Å²) in [6, 6.07) is 22.6. The number of carbonyl (C=O) groups is 1. The first-order valence-corrected chi connectivity index (χ1v) is 12.7. The van der Waals surface area contributed by atoms with Crippen molar-refractivity contribution < 1.29 is 17.9 Å². The molecule has 3 aromatic carbocycles. The summed E-state index contributed by atoms with van der Waals surface area (Å²) in [5.74, 6) is 0.590. The summed E-state index contributed by atoms with van der Waals surface area (Å²) < 4.78 is 34.4. The number of sulfonamides is 1. The number of hydrogen-bond donors (Lipinski definition) is 1. The summed E-state index contributed by atoms with van der Waals surface area (Å²) in [6.07, 6.45) is 0.728. The molecule has 176 valence electrons. The highest BCUT2D eigenvalue weighted by molar-refractivity contribution is 7.92. The molecule has 1 atom stereocenters. The van der Waals surface area contributed by atoms with E-state index in [9.17, 15) is 13.2 Å². The van der Waals surface area contributed by atoms with Crippen molar-refractivity contribution in [3.8, 4) is 5.75 Å². The third-order valence-corrected chi connectivity index (χ3v) is 6.96. The summed E-state index contributed by atoms with van der Waals surface area (Å²) in [5, 5.41) is 6.16. The van der Waals surface area contributed by atoms with Gasteiger partial charge in [0.1, 0.15) is 5.75 Å². The fourth-order valence-corrected chi connectivity index (χ4v) is 5.08. The minimum atomic E-state index is -3.79. The Bertz CT molecular complexity index is 1310. The van der Waals surface area contributed by atoms with Crippen LogP contribution in [-0.4, -0.2) is 31.7 Å². The van der Waals surface area contributed by atoms with E-state index in [1.807, 2.05) is 43.3 Å². The highest BCUT2D eigenvalue weighted by atomic mass is 32.2. The van der Waals surface area contributed by atoms with Gasteiger partial charge in [-0.2, -0.15) is 5.10 Å². The van der Waals surface area contributed by atoms with Crippen LogP contribution in [0.4, 0.5) is 5.69 Å². The Morgan fingerprint density at radius 2 is 1.68 bits per heavy atom. The number of hydrogen-bond acceptors (Lipinski definition) is 5. The minimum absolute atomic E-state index is 0.117. The topological polar surface area (TPSA) is 88.1 Å². The predicted octanol–water partition coefficient (Wildman–Crippen LogP) is 4.97. The maximum atomic E-state index is 13.0. The number of anilines is 1. The van der Waals surface area contributed by atoms with Crippen LogP contribution in [0.5, 0.6) is 5.75 Å². The molecule has 34 heavy (non-hydrogen) atoms. The molecule has 1 N–H and O–H groups in total. The lowest BCUT2D eigenvalue weighted by Gasteiger charge is -2.23. The number of nitrogens with zero attached hydrogens (tertiary/aromatic N) is 2. The zero-order chi connectivity index (χ0) is 24.1. The van der Waals surface area contributed by atoms with E-state index in [2.05, 4.69) is 9.82 Å². The first-order chi connectivity index (χ1) is 16.4. The third-order valence-electron chi connectivity index (χ3n) is 5.58. The molecule has 0 aliphatic carbocycles. The quantitative estimate of drug-likeness (QED) is 0.496. The molecule has 0 unspecified atom stereocenters. The molecule has 1 aliphatic heterocycles. The van der Waals surface area contributed by atoms with Gasteiger partial charge in [-0.1, -0.05) is 61.5 Å². The number of para-hydroxylation sites is 2. The molecule has 0 aromatic heterocycles. The van der Waals surface area contributed by atoms with E-state index in [1.54, 1.807) is 49.4 Å². The molecule has 1 amide bonds. The van der Waals surface area contributed by atoms with Crippen molar-refractivity contribution in [3.63, 3.8) is 0 Å². The molecular formula is C26H27N3O4S. The number of hydrazone groups is 1. The summed E-state index contributed by atoms with van der Waals surface area (Å²) >= 11 is 0. The van der Waals surface area contributed by atoms with Crippen LogP contribution >= 0.6 is 0 Å². The number of carbonyl (C=O) groups excluding carboxylic acids is 1. The van der Waals surface area contributed by atoms with Gasteiger partial charge >= 0.3 is 0 Å².